The molecule has 1 aliphatic heterocycles. The van der Waals surface area contributed by atoms with Crippen LogP contribution in [-0.4, -0.2) is 30.6 Å². The smallest absolute Gasteiger partial charge is 0.0234 e. The molecule has 0 aromatic heterocycles. The highest BCUT2D eigenvalue weighted by Gasteiger charge is 2.18. The molecule has 0 radical (unpaired) electrons. The largest absolute Gasteiger partial charge is 0.313 e. The highest BCUT2D eigenvalue weighted by Crippen LogP contribution is 2.19. The first-order chi connectivity index (χ1) is 9.54. The number of benzene rings is 1. The summed E-state index contributed by atoms with van der Waals surface area (Å²) in [5.41, 5.74) is 2.75. The lowest BCUT2D eigenvalue weighted by Gasteiger charge is -2.27. The van der Waals surface area contributed by atoms with Crippen molar-refractivity contribution in [2.24, 2.45) is 5.92 Å². The van der Waals surface area contributed by atoms with Crippen molar-refractivity contribution in [1.82, 2.24) is 10.2 Å². The van der Waals surface area contributed by atoms with E-state index < -0.39 is 0 Å². The predicted octanol–water partition coefficient (Wildman–Crippen LogP) is 3.97. The third-order valence-electron chi connectivity index (χ3n) is 3.89. The second-order valence-electron chi connectivity index (χ2n) is 6.46. The molecule has 2 nitrogen and oxygen atoms in total. The first-order valence-corrected chi connectivity index (χ1v) is 8.54. The van der Waals surface area contributed by atoms with Gasteiger partial charge in [0.05, 0.1) is 0 Å². The zero-order valence-corrected chi connectivity index (χ0v) is 14.5. The van der Waals surface area contributed by atoms with Gasteiger partial charge in [-0.05, 0) is 49.4 Å². The molecule has 0 bridgehead atoms. The van der Waals surface area contributed by atoms with Gasteiger partial charge in [-0.3, -0.25) is 4.90 Å². The van der Waals surface area contributed by atoms with Gasteiger partial charge in [0.1, 0.15) is 0 Å². The van der Waals surface area contributed by atoms with E-state index in [1.165, 1.54) is 48.1 Å². The molecule has 1 aliphatic rings. The molecule has 3 heteroatoms. The summed E-state index contributed by atoms with van der Waals surface area (Å²) in [5, 5.41) is 3.62. The summed E-state index contributed by atoms with van der Waals surface area (Å²) in [4.78, 5) is 2.61. The van der Waals surface area contributed by atoms with Crippen LogP contribution in [0.15, 0.2) is 22.7 Å². The number of aryl methyl sites for hydroxylation is 1. The Kier molecular flexibility index (Phi) is 6.06. The van der Waals surface area contributed by atoms with E-state index >= 15 is 0 Å². The fraction of sp³-hybridized carbons (Fsp3) is 0.647. The summed E-state index contributed by atoms with van der Waals surface area (Å²) >= 11 is 3.58. The van der Waals surface area contributed by atoms with Gasteiger partial charge in [-0.1, -0.05) is 41.9 Å². The maximum absolute atomic E-state index is 3.62. The lowest BCUT2D eigenvalue weighted by molar-refractivity contribution is 0.216. The van der Waals surface area contributed by atoms with Crippen molar-refractivity contribution in [2.45, 2.75) is 46.2 Å². The highest BCUT2D eigenvalue weighted by atomic mass is 79.9. The minimum atomic E-state index is 0.685. The maximum atomic E-state index is 3.62. The lowest BCUT2D eigenvalue weighted by atomic mass is 10.1. The van der Waals surface area contributed by atoms with Gasteiger partial charge < -0.3 is 5.32 Å². The Bertz CT molecular complexity index is 425. The molecule has 112 valence electrons. The molecule has 1 aromatic rings. The van der Waals surface area contributed by atoms with Gasteiger partial charge in [0, 0.05) is 30.1 Å². The normalized spacial score (nSPS) is 19.2. The molecule has 2 rings (SSSR count). The predicted molar refractivity (Wildman–Crippen MR) is 90.0 cm³/mol. The Balaban J connectivity index is 1.99. The SMILES string of the molecule is Cc1cc(CN(CC(C)C)CC2CCCN2)ccc1Br. The second-order valence-corrected chi connectivity index (χ2v) is 7.32. The molecule has 1 saturated heterocycles. The minimum Gasteiger partial charge on any atom is -0.313 e. The second kappa shape index (κ2) is 7.58. The summed E-state index contributed by atoms with van der Waals surface area (Å²) in [5.74, 6) is 0.716. The summed E-state index contributed by atoms with van der Waals surface area (Å²) < 4.78 is 1.20. The van der Waals surface area contributed by atoms with Gasteiger partial charge in [-0.25, -0.2) is 0 Å². The average molecular weight is 339 g/mol. The molecule has 1 heterocycles. The first kappa shape index (κ1) is 16.0. The van der Waals surface area contributed by atoms with Crippen LogP contribution in [-0.2, 0) is 6.54 Å². The highest BCUT2D eigenvalue weighted by molar-refractivity contribution is 9.10. The van der Waals surface area contributed by atoms with Crippen LogP contribution < -0.4 is 5.32 Å². The number of nitrogens with zero attached hydrogens (tertiary/aromatic N) is 1. The summed E-state index contributed by atoms with van der Waals surface area (Å²) in [6.07, 6.45) is 2.66. The molecular weight excluding hydrogens is 312 g/mol. The van der Waals surface area contributed by atoms with E-state index in [-0.39, 0.29) is 0 Å². The zero-order chi connectivity index (χ0) is 14.5. The van der Waals surface area contributed by atoms with Gasteiger partial charge in [-0.15, -0.1) is 0 Å². The Morgan fingerprint density at radius 3 is 2.80 bits per heavy atom. The number of halogens is 1. The van der Waals surface area contributed by atoms with Gasteiger partial charge >= 0.3 is 0 Å². The van der Waals surface area contributed by atoms with Crippen molar-refractivity contribution in [3.8, 4) is 0 Å². The molecule has 1 N–H and O–H groups in total. The molecule has 0 spiro atoms. The molecule has 1 atom stereocenters. The quantitative estimate of drug-likeness (QED) is 0.844. The lowest BCUT2D eigenvalue weighted by Crippen LogP contribution is -2.38. The monoisotopic (exact) mass is 338 g/mol. The fourth-order valence-corrected chi connectivity index (χ4v) is 3.25. The van der Waals surface area contributed by atoms with E-state index in [9.17, 15) is 0 Å². The number of nitrogens with one attached hydrogen (secondary N) is 1. The van der Waals surface area contributed by atoms with E-state index in [2.05, 4.69) is 65.1 Å². The van der Waals surface area contributed by atoms with E-state index in [1.54, 1.807) is 0 Å². The molecule has 1 unspecified atom stereocenters. The van der Waals surface area contributed by atoms with Crippen molar-refractivity contribution in [3.05, 3.63) is 33.8 Å². The number of hydrogen-bond acceptors (Lipinski definition) is 2. The van der Waals surface area contributed by atoms with Gasteiger partial charge in [0.25, 0.3) is 0 Å². The third kappa shape index (κ3) is 4.87. The van der Waals surface area contributed by atoms with E-state index in [0.717, 1.165) is 6.54 Å². The van der Waals surface area contributed by atoms with Crippen LogP contribution in [0.1, 0.15) is 37.8 Å². The molecule has 1 fully saturated rings. The van der Waals surface area contributed by atoms with Crippen molar-refractivity contribution in [1.29, 1.82) is 0 Å². The Hall–Kier alpha value is -0.380. The van der Waals surface area contributed by atoms with Crippen LogP contribution in [0.3, 0.4) is 0 Å². The van der Waals surface area contributed by atoms with Crippen molar-refractivity contribution in [3.63, 3.8) is 0 Å². The zero-order valence-electron chi connectivity index (χ0n) is 13.0. The van der Waals surface area contributed by atoms with Crippen LogP contribution in [0, 0.1) is 12.8 Å². The average Bonchev–Trinajstić information content (AvgIpc) is 2.86. The van der Waals surface area contributed by atoms with Crippen LogP contribution >= 0.6 is 15.9 Å². The topological polar surface area (TPSA) is 15.3 Å². The molecular formula is C17H27BrN2. The van der Waals surface area contributed by atoms with Crippen LogP contribution in [0.4, 0.5) is 0 Å². The van der Waals surface area contributed by atoms with Gasteiger partial charge in [0.15, 0.2) is 0 Å². The summed E-state index contributed by atoms with van der Waals surface area (Å²) in [6, 6.07) is 7.41. The number of hydrogen-bond donors (Lipinski definition) is 1. The molecule has 0 amide bonds. The van der Waals surface area contributed by atoms with Crippen LogP contribution in [0.5, 0.6) is 0 Å². The first-order valence-electron chi connectivity index (χ1n) is 7.75. The molecule has 1 aromatic carbocycles. The van der Waals surface area contributed by atoms with Crippen molar-refractivity contribution in [2.75, 3.05) is 19.6 Å². The van der Waals surface area contributed by atoms with E-state index in [1.807, 2.05) is 0 Å². The Labute approximate surface area is 132 Å². The van der Waals surface area contributed by atoms with Gasteiger partial charge in [-0.2, -0.15) is 0 Å². The Morgan fingerprint density at radius 2 is 2.20 bits per heavy atom. The molecule has 0 aliphatic carbocycles. The summed E-state index contributed by atoms with van der Waals surface area (Å²) in [6.45, 7) is 11.4. The fourth-order valence-electron chi connectivity index (χ4n) is 3.01. The van der Waals surface area contributed by atoms with E-state index in [0.29, 0.717) is 12.0 Å². The maximum Gasteiger partial charge on any atom is 0.0234 e. The van der Waals surface area contributed by atoms with Crippen molar-refractivity contribution < 1.29 is 0 Å². The number of rotatable bonds is 6. The van der Waals surface area contributed by atoms with Gasteiger partial charge in [0.2, 0.25) is 0 Å². The van der Waals surface area contributed by atoms with Crippen LogP contribution in [0.2, 0.25) is 0 Å². The summed E-state index contributed by atoms with van der Waals surface area (Å²) in [7, 11) is 0. The standard InChI is InChI=1S/C17H27BrN2/c1-13(2)10-20(12-16-5-4-8-19-16)11-15-6-7-17(18)14(3)9-15/h6-7,9,13,16,19H,4-5,8,10-12H2,1-3H3. The third-order valence-corrected chi connectivity index (χ3v) is 4.78. The minimum absolute atomic E-state index is 0.685. The van der Waals surface area contributed by atoms with Crippen LogP contribution in [0.25, 0.3) is 0 Å². The van der Waals surface area contributed by atoms with Crippen molar-refractivity contribution >= 4 is 15.9 Å². The Morgan fingerprint density at radius 1 is 1.40 bits per heavy atom. The molecule has 20 heavy (non-hydrogen) atoms. The van der Waals surface area contributed by atoms with E-state index in [4.69, 9.17) is 0 Å². The molecule has 0 saturated carbocycles.